The van der Waals surface area contributed by atoms with Gasteiger partial charge in [0.05, 0.1) is 12.2 Å². The number of carbonyl (C=O) groups is 2. The zero-order chi connectivity index (χ0) is 21.3. The zero-order valence-electron chi connectivity index (χ0n) is 14.9. The number of fused-ring (bicyclic) bond motifs is 1. The lowest BCUT2D eigenvalue weighted by atomic mass is 10.1. The van der Waals surface area contributed by atoms with Gasteiger partial charge in [0.15, 0.2) is 11.6 Å². The van der Waals surface area contributed by atoms with Crippen LogP contribution in [-0.2, 0) is 13.0 Å². The Labute approximate surface area is 160 Å². The monoisotopic (exact) mass is 418 g/mol. The van der Waals surface area contributed by atoms with Gasteiger partial charge in [-0.2, -0.15) is 13.2 Å². The third kappa shape index (κ3) is 4.46. The van der Waals surface area contributed by atoms with Crippen molar-refractivity contribution < 1.29 is 36.1 Å². The fraction of sp³-hybridized carbons (Fsp3) is 0.353. The number of benzene rings is 1. The summed E-state index contributed by atoms with van der Waals surface area (Å²) in [6.45, 7) is 0.800. The molecule has 3 amide bonds. The quantitative estimate of drug-likeness (QED) is 0.750. The predicted octanol–water partition coefficient (Wildman–Crippen LogP) is 3.22. The SMILES string of the molecule is C[C@@H](NC(=O)c1onc2c1CN(C(=O)Nc1ccc(F)c(F)c1)CC2)C(F)(F)F. The highest BCUT2D eigenvalue weighted by Gasteiger charge is 2.39. The Morgan fingerprint density at radius 2 is 1.97 bits per heavy atom. The average molecular weight is 418 g/mol. The van der Waals surface area contributed by atoms with Crippen LogP contribution in [0, 0.1) is 11.6 Å². The second-order valence-electron chi connectivity index (χ2n) is 6.40. The number of carbonyl (C=O) groups excluding carboxylic acids is 2. The van der Waals surface area contributed by atoms with Crippen LogP contribution in [-0.4, -0.2) is 40.8 Å². The van der Waals surface area contributed by atoms with E-state index in [1.54, 1.807) is 5.32 Å². The molecular weight excluding hydrogens is 403 g/mol. The molecule has 1 aromatic carbocycles. The largest absolute Gasteiger partial charge is 0.408 e. The fourth-order valence-corrected chi connectivity index (χ4v) is 2.68. The number of nitrogens with one attached hydrogen (secondary N) is 2. The standard InChI is InChI=1S/C17H15F5N4O3/c1-8(17(20,21)22)23-15(27)14-10-7-26(5-4-13(10)25-29-14)16(28)24-9-2-3-11(18)12(19)6-9/h2-3,6,8H,4-5,7H2,1H3,(H,23,27)(H,24,28)/t8-/m1/s1. The van der Waals surface area contributed by atoms with Crippen LogP contribution in [0.2, 0.25) is 0 Å². The lowest BCUT2D eigenvalue weighted by molar-refractivity contribution is -0.149. The van der Waals surface area contributed by atoms with Gasteiger partial charge in [0, 0.05) is 30.3 Å². The van der Waals surface area contributed by atoms with E-state index in [1.807, 2.05) is 0 Å². The molecule has 12 heteroatoms. The highest BCUT2D eigenvalue weighted by molar-refractivity contribution is 5.94. The minimum atomic E-state index is -4.63. The predicted molar refractivity (Wildman–Crippen MR) is 89.0 cm³/mol. The summed E-state index contributed by atoms with van der Waals surface area (Å²) in [5, 5.41) is 7.84. The van der Waals surface area contributed by atoms with E-state index in [0.717, 1.165) is 19.1 Å². The Morgan fingerprint density at radius 3 is 2.62 bits per heavy atom. The van der Waals surface area contributed by atoms with Gasteiger partial charge in [-0.3, -0.25) is 4.79 Å². The van der Waals surface area contributed by atoms with Crippen molar-refractivity contribution in [2.75, 3.05) is 11.9 Å². The van der Waals surface area contributed by atoms with Gasteiger partial charge in [0.25, 0.3) is 5.91 Å². The minimum absolute atomic E-state index is 0.0157. The number of hydrogen-bond donors (Lipinski definition) is 2. The van der Waals surface area contributed by atoms with Crippen LogP contribution in [0.5, 0.6) is 0 Å². The molecule has 0 bridgehead atoms. The van der Waals surface area contributed by atoms with Crippen LogP contribution in [0.4, 0.5) is 32.4 Å². The Bertz CT molecular complexity index is 944. The fourth-order valence-electron chi connectivity index (χ4n) is 2.68. The van der Waals surface area contributed by atoms with E-state index >= 15 is 0 Å². The highest BCUT2D eigenvalue weighted by Crippen LogP contribution is 2.25. The van der Waals surface area contributed by atoms with Gasteiger partial charge >= 0.3 is 12.2 Å². The first-order valence-electron chi connectivity index (χ1n) is 8.42. The third-order valence-electron chi connectivity index (χ3n) is 4.34. The van der Waals surface area contributed by atoms with Crippen molar-refractivity contribution in [2.45, 2.75) is 32.1 Å². The Kier molecular flexibility index (Phi) is 5.44. The number of amides is 3. The zero-order valence-corrected chi connectivity index (χ0v) is 14.9. The maximum absolute atomic E-state index is 13.3. The second kappa shape index (κ2) is 7.68. The van der Waals surface area contributed by atoms with Gasteiger partial charge in [0.2, 0.25) is 5.76 Å². The van der Waals surface area contributed by atoms with Crippen LogP contribution < -0.4 is 10.6 Å². The molecule has 2 heterocycles. The molecule has 2 aromatic rings. The molecule has 1 aliphatic heterocycles. The molecule has 1 aromatic heterocycles. The van der Waals surface area contributed by atoms with Gasteiger partial charge in [-0.15, -0.1) is 0 Å². The number of nitrogens with zero attached hydrogens (tertiary/aromatic N) is 2. The molecule has 0 saturated heterocycles. The summed E-state index contributed by atoms with van der Waals surface area (Å²) in [5.74, 6) is -3.73. The second-order valence-corrected chi connectivity index (χ2v) is 6.40. The number of rotatable bonds is 3. The molecular formula is C17H15F5N4O3. The van der Waals surface area contributed by atoms with Crippen molar-refractivity contribution >= 4 is 17.6 Å². The maximum Gasteiger partial charge on any atom is 0.408 e. The average Bonchev–Trinajstić information content (AvgIpc) is 3.07. The lowest BCUT2D eigenvalue weighted by Gasteiger charge is -2.26. The van der Waals surface area contributed by atoms with E-state index in [2.05, 4.69) is 10.5 Å². The van der Waals surface area contributed by atoms with Crippen molar-refractivity contribution in [3.63, 3.8) is 0 Å². The van der Waals surface area contributed by atoms with E-state index in [-0.39, 0.29) is 30.8 Å². The van der Waals surface area contributed by atoms with Crippen molar-refractivity contribution in [1.82, 2.24) is 15.4 Å². The van der Waals surface area contributed by atoms with E-state index < -0.39 is 41.6 Å². The summed E-state index contributed by atoms with van der Waals surface area (Å²) in [7, 11) is 0. The van der Waals surface area contributed by atoms with Crippen LogP contribution in [0.15, 0.2) is 22.7 Å². The van der Waals surface area contributed by atoms with Crippen molar-refractivity contribution in [3.05, 3.63) is 46.9 Å². The van der Waals surface area contributed by atoms with Crippen molar-refractivity contribution in [2.24, 2.45) is 0 Å². The normalized spacial score (nSPS) is 14.9. The number of alkyl halides is 3. The summed E-state index contributed by atoms with van der Waals surface area (Å²) >= 11 is 0. The van der Waals surface area contributed by atoms with E-state index in [0.29, 0.717) is 5.69 Å². The molecule has 3 rings (SSSR count). The first kappa shape index (κ1) is 20.6. The third-order valence-corrected chi connectivity index (χ3v) is 4.34. The smallest absolute Gasteiger partial charge is 0.350 e. The topological polar surface area (TPSA) is 87.5 Å². The summed E-state index contributed by atoms with van der Waals surface area (Å²) in [5.41, 5.74) is 0.553. The molecule has 29 heavy (non-hydrogen) atoms. The van der Waals surface area contributed by atoms with Crippen molar-refractivity contribution in [3.8, 4) is 0 Å². The van der Waals surface area contributed by atoms with Crippen LogP contribution >= 0.6 is 0 Å². The molecule has 0 unspecified atom stereocenters. The van der Waals surface area contributed by atoms with E-state index in [9.17, 15) is 31.5 Å². The summed E-state index contributed by atoms with van der Waals surface area (Å²) in [4.78, 5) is 25.8. The number of urea groups is 1. The molecule has 0 radical (unpaired) electrons. The van der Waals surface area contributed by atoms with Gasteiger partial charge in [-0.1, -0.05) is 5.16 Å². The van der Waals surface area contributed by atoms with Crippen LogP contribution in [0.3, 0.4) is 0 Å². The molecule has 1 aliphatic rings. The van der Waals surface area contributed by atoms with Gasteiger partial charge < -0.3 is 20.1 Å². The number of anilines is 1. The van der Waals surface area contributed by atoms with Gasteiger partial charge in [0.1, 0.15) is 6.04 Å². The number of hydrogen-bond acceptors (Lipinski definition) is 4. The summed E-state index contributed by atoms with van der Waals surface area (Å²) < 4.78 is 69.1. The molecule has 1 atom stereocenters. The van der Waals surface area contributed by atoms with Gasteiger partial charge in [-0.25, -0.2) is 13.6 Å². The van der Waals surface area contributed by atoms with Crippen LogP contribution in [0.25, 0.3) is 0 Å². The van der Waals surface area contributed by atoms with E-state index in [1.165, 1.54) is 11.0 Å². The first-order valence-corrected chi connectivity index (χ1v) is 8.42. The molecule has 156 valence electrons. The summed E-state index contributed by atoms with van der Waals surface area (Å²) in [6, 6.07) is 0.0517. The van der Waals surface area contributed by atoms with Crippen LogP contribution in [0.1, 0.15) is 28.7 Å². The molecule has 0 spiro atoms. The molecule has 0 aliphatic carbocycles. The summed E-state index contributed by atoms with van der Waals surface area (Å²) in [6.07, 6.45) is -4.43. The molecule has 7 nitrogen and oxygen atoms in total. The van der Waals surface area contributed by atoms with E-state index in [4.69, 9.17) is 4.52 Å². The molecule has 2 N–H and O–H groups in total. The number of halogens is 5. The maximum atomic E-state index is 13.3. The Hall–Kier alpha value is -3.18. The Morgan fingerprint density at radius 1 is 1.24 bits per heavy atom. The highest BCUT2D eigenvalue weighted by atomic mass is 19.4. The Balaban J connectivity index is 1.71. The van der Waals surface area contributed by atoms with Crippen molar-refractivity contribution in [1.29, 1.82) is 0 Å². The minimum Gasteiger partial charge on any atom is -0.350 e. The lowest BCUT2D eigenvalue weighted by Crippen LogP contribution is -2.44. The first-order chi connectivity index (χ1) is 13.6. The molecule has 0 fully saturated rings. The molecule has 0 saturated carbocycles. The number of aromatic nitrogens is 1. The van der Waals surface area contributed by atoms with Gasteiger partial charge in [-0.05, 0) is 19.1 Å².